The number of nitrogens with zero attached hydrogens (tertiary/aromatic N) is 1. The number of pyridine rings is 1. The van der Waals surface area contributed by atoms with Crippen LogP contribution in [0.2, 0.25) is 0 Å². The molecule has 1 aromatic heterocycles. The molecule has 1 saturated carbocycles. The molecular weight excluding hydrogens is 263 g/mol. The molecule has 64 valence electrons. The first-order valence-electron chi connectivity index (χ1n) is 4.13. The molecule has 3 heteroatoms. The molecule has 1 aliphatic rings. The van der Waals surface area contributed by atoms with E-state index in [9.17, 15) is 0 Å². The highest BCUT2D eigenvalue weighted by Gasteiger charge is 2.29. The lowest BCUT2D eigenvalue weighted by Crippen LogP contribution is -2.12. The van der Waals surface area contributed by atoms with E-state index in [0.29, 0.717) is 5.92 Å². The molecule has 2 rings (SSSR count). The molecule has 1 atom stereocenters. The summed E-state index contributed by atoms with van der Waals surface area (Å²) < 4.78 is 1.17. The summed E-state index contributed by atoms with van der Waals surface area (Å²) >= 11 is 2.26. The molecule has 1 heterocycles. The van der Waals surface area contributed by atoms with Crippen molar-refractivity contribution < 1.29 is 0 Å². The Balaban J connectivity index is 2.20. The zero-order valence-corrected chi connectivity index (χ0v) is 8.86. The highest BCUT2D eigenvalue weighted by atomic mass is 127. The number of halogens is 1. The maximum absolute atomic E-state index is 6.03. The molecule has 0 bridgehead atoms. The molecule has 2 N–H and O–H groups in total. The number of nitrogens with two attached hydrogens (primary N) is 1. The van der Waals surface area contributed by atoms with Gasteiger partial charge in [-0.3, -0.25) is 4.98 Å². The van der Waals surface area contributed by atoms with Crippen LogP contribution >= 0.6 is 22.6 Å². The predicted molar refractivity (Wildman–Crippen MR) is 56.6 cm³/mol. The topological polar surface area (TPSA) is 38.9 Å². The molecule has 0 saturated heterocycles. The summed E-state index contributed by atoms with van der Waals surface area (Å²) in [6.07, 6.45) is 6.30. The Labute approximate surface area is 85.7 Å². The molecule has 1 fully saturated rings. The van der Waals surface area contributed by atoms with Gasteiger partial charge in [-0.2, -0.15) is 0 Å². The Kier molecular flexibility index (Phi) is 2.32. The van der Waals surface area contributed by atoms with Gasteiger partial charge in [0.15, 0.2) is 0 Å². The summed E-state index contributed by atoms with van der Waals surface area (Å²) in [5.74, 6) is 0.713. The van der Waals surface area contributed by atoms with Crippen molar-refractivity contribution in [2.45, 2.75) is 18.9 Å². The molecule has 1 aliphatic carbocycles. The lowest BCUT2D eigenvalue weighted by atomic mass is 10.1. The van der Waals surface area contributed by atoms with E-state index in [1.165, 1.54) is 22.0 Å². The Bertz CT molecular complexity index is 284. The average Bonchev–Trinajstić information content (AvgIpc) is 2.85. The third kappa shape index (κ3) is 1.77. The van der Waals surface area contributed by atoms with Crippen molar-refractivity contribution in [3.63, 3.8) is 0 Å². The van der Waals surface area contributed by atoms with E-state index in [4.69, 9.17) is 5.73 Å². The lowest BCUT2D eigenvalue weighted by molar-refractivity contribution is 0.630. The fraction of sp³-hybridized carbons (Fsp3) is 0.444. The fourth-order valence-electron chi connectivity index (χ4n) is 1.34. The van der Waals surface area contributed by atoms with E-state index in [2.05, 4.69) is 33.6 Å². The molecule has 2 nitrogen and oxygen atoms in total. The van der Waals surface area contributed by atoms with E-state index in [1.54, 1.807) is 0 Å². The van der Waals surface area contributed by atoms with Crippen LogP contribution in [0.3, 0.4) is 0 Å². The Morgan fingerprint density at radius 2 is 2.25 bits per heavy atom. The monoisotopic (exact) mass is 274 g/mol. The highest BCUT2D eigenvalue weighted by Crippen LogP contribution is 2.39. The van der Waals surface area contributed by atoms with Crippen molar-refractivity contribution in [1.82, 2.24) is 4.98 Å². The van der Waals surface area contributed by atoms with Gasteiger partial charge in [0.2, 0.25) is 0 Å². The molecule has 0 spiro atoms. The molecule has 0 aliphatic heterocycles. The second-order valence-corrected chi connectivity index (χ2v) is 4.55. The van der Waals surface area contributed by atoms with E-state index >= 15 is 0 Å². The van der Waals surface area contributed by atoms with Crippen molar-refractivity contribution in [3.05, 3.63) is 27.6 Å². The predicted octanol–water partition coefficient (Wildman–Crippen LogP) is 2.10. The van der Waals surface area contributed by atoms with Crippen molar-refractivity contribution in [2.75, 3.05) is 0 Å². The Morgan fingerprint density at radius 1 is 1.50 bits per heavy atom. The fourth-order valence-corrected chi connectivity index (χ4v) is 1.86. The van der Waals surface area contributed by atoms with Gasteiger partial charge in [-0.15, -0.1) is 0 Å². The van der Waals surface area contributed by atoms with Gasteiger partial charge in [0, 0.05) is 22.0 Å². The van der Waals surface area contributed by atoms with Crippen LogP contribution in [0, 0.1) is 9.49 Å². The van der Waals surface area contributed by atoms with Crippen LogP contribution in [0.4, 0.5) is 0 Å². The van der Waals surface area contributed by atoms with E-state index in [-0.39, 0.29) is 6.04 Å². The molecule has 0 unspecified atom stereocenters. The minimum absolute atomic E-state index is 0.215. The number of rotatable bonds is 2. The summed E-state index contributed by atoms with van der Waals surface area (Å²) in [4.78, 5) is 4.13. The van der Waals surface area contributed by atoms with Crippen LogP contribution in [-0.2, 0) is 0 Å². The highest BCUT2D eigenvalue weighted by molar-refractivity contribution is 14.1. The van der Waals surface area contributed by atoms with Crippen molar-refractivity contribution in [1.29, 1.82) is 0 Å². The smallest absolute Gasteiger partial charge is 0.0401 e. The lowest BCUT2D eigenvalue weighted by Gasteiger charge is -2.09. The normalized spacial score (nSPS) is 19.2. The Morgan fingerprint density at radius 3 is 2.83 bits per heavy atom. The van der Waals surface area contributed by atoms with Crippen molar-refractivity contribution in [2.24, 2.45) is 11.7 Å². The van der Waals surface area contributed by atoms with Crippen LogP contribution in [0.25, 0.3) is 0 Å². The maximum atomic E-state index is 6.03. The molecule has 0 aromatic carbocycles. The molecule has 12 heavy (non-hydrogen) atoms. The van der Waals surface area contributed by atoms with Crippen LogP contribution in [0.15, 0.2) is 18.5 Å². The summed E-state index contributed by atoms with van der Waals surface area (Å²) in [6, 6.07) is 2.34. The zero-order chi connectivity index (χ0) is 8.55. The van der Waals surface area contributed by atoms with Crippen molar-refractivity contribution in [3.8, 4) is 0 Å². The Hall–Kier alpha value is -0.160. The van der Waals surface area contributed by atoms with Gasteiger partial charge < -0.3 is 5.73 Å². The summed E-state index contributed by atoms with van der Waals surface area (Å²) in [6.45, 7) is 0. The summed E-state index contributed by atoms with van der Waals surface area (Å²) in [7, 11) is 0. The zero-order valence-electron chi connectivity index (χ0n) is 6.70. The van der Waals surface area contributed by atoms with Gasteiger partial charge in [-0.25, -0.2) is 0 Å². The largest absolute Gasteiger partial charge is 0.324 e. The van der Waals surface area contributed by atoms with Crippen LogP contribution < -0.4 is 5.73 Å². The van der Waals surface area contributed by atoms with Gasteiger partial charge in [-0.05, 0) is 53.0 Å². The number of hydrogen-bond donors (Lipinski definition) is 1. The second kappa shape index (κ2) is 3.30. The minimum atomic E-state index is 0.215. The molecule has 0 amide bonds. The standard InChI is InChI=1S/C9H11IN2/c10-8-3-7(4-12-5-8)9(11)6-1-2-6/h3-6,9H,1-2,11H2/t9-/m1/s1. The van der Waals surface area contributed by atoms with E-state index in [0.717, 1.165) is 0 Å². The number of hydrogen-bond acceptors (Lipinski definition) is 2. The van der Waals surface area contributed by atoms with Gasteiger partial charge in [0.1, 0.15) is 0 Å². The van der Waals surface area contributed by atoms with Crippen LogP contribution in [0.5, 0.6) is 0 Å². The average molecular weight is 274 g/mol. The number of aromatic nitrogens is 1. The summed E-state index contributed by atoms with van der Waals surface area (Å²) in [5, 5.41) is 0. The third-order valence-electron chi connectivity index (χ3n) is 2.24. The van der Waals surface area contributed by atoms with Gasteiger partial charge in [0.05, 0.1) is 0 Å². The second-order valence-electron chi connectivity index (χ2n) is 3.30. The first kappa shape index (κ1) is 8.44. The first-order valence-corrected chi connectivity index (χ1v) is 5.21. The van der Waals surface area contributed by atoms with Crippen LogP contribution in [-0.4, -0.2) is 4.98 Å². The van der Waals surface area contributed by atoms with Crippen molar-refractivity contribution >= 4 is 22.6 Å². The quantitative estimate of drug-likeness (QED) is 0.839. The minimum Gasteiger partial charge on any atom is -0.324 e. The SMILES string of the molecule is N[C@@H](c1cncc(I)c1)C1CC1. The molecule has 0 radical (unpaired) electrons. The van der Waals surface area contributed by atoms with Gasteiger partial charge in [-0.1, -0.05) is 0 Å². The molecule has 1 aromatic rings. The van der Waals surface area contributed by atoms with Gasteiger partial charge in [0.25, 0.3) is 0 Å². The first-order chi connectivity index (χ1) is 5.77. The van der Waals surface area contributed by atoms with Gasteiger partial charge >= 0.3 is 0 Å². The summed E-state index contributed by atoms with van der Waals surface area (Å²) in [5.41, 5.74) is 7.21. The van der Waals surface area contributed by atoms with E-state index in [1.807, 2.05) is 12.4 Å². The molecular formula is C9H11IN2. The maximum Gasteiger partial charge on any atom is 0.0401 e. The van der Waals surface area contributed by atoms with E-state index < -0.39 is 0 Å². The van der Waals surface area contributed by atoms with Crippen LogP contribution in [0.1, 0.15) is 24.4 Å². The third-order valence-corrected chi connectivity index (χ3v) is 2.83.